The van der Waals surface area contributed by atoms with Gasteiger partial charge in [-0.15, -0.1) is 0 Å². The number of hydrogen-bond acceptors (Lipinski definition) is 1. The molecule has 28 heavy (non-hydrogen) atoms. The first kappa shape index (κ1) is 22.0. The Bertz CT molecular complexity index is 672. The van der Waals surface area contributed by atoms with Crippen LogP contribution in [0.4, 0.5) is 0 Å². The molecule has 4 nitrogen and oxygen atoms in total. The standard InChI is InChI=1S/C23H40N3OP/c1-16(2)20-12-14-21(15-13-20)19(7)24-28(27)25(17(3)4)22-10-8-9-11-23(22)26(28)18(5)6/h12-19,22-23H,8-11H2,1-7H3,(H,24,27)/t19-,22-,23-/m1/s1. The summed E-state index contributed by atoms with van der Waals surface area (Å²) in [5.41, 5.74) is 2.56. The molecular weight excluding hydrogens is 365 g/mol. The maximum Gasteiger partial charge on any atom is 0.285 e. The van der Waals surface area contributed by atoms with Gasteiger partial charge in [0, 0.05) is 30.2 Å². The number of nitrogens with zero attached hydrogens (tertiary/aromatic N) is 2. The van der Waals surface area contributed by atoms with Gasteiger partial charge in [0.15, 0.2) is 0 Å². The fourth-order valence-corrected chi connectivity index (χ4v) is 9.01. The average Bonchev–Trinajstić information content (AvgIpc) is 2.89. The Hall–Kier alpha value is -0.670. The van der Waals surface area contributed by atoms with E-state index in [1.54, 1.807) is 0 Å². The Balaban J connectivity index is 1.92. The van der Waals surface area contributed by atoms with Crippen LogP contribution < -0.4 is 5.09 Å². The molecule has 1 saturated heterocycles. The molecular formula is C23H40N3OP. The van der Waals surface area contributed by atoms with Crippen molar-refractivity contribution < 1.29 is 4.57 Å². The number of hydrogen-bond donors (Lipinski definition) is 1. The minimum atomic E-state index is -2.84. The van der Waals surface area contributed by atoms with Gasteiger partial charge in [0.25, 0.3) is 7.59 Å². The molecule has 1 aromatic rings. The average molecular weight is 406 g/mol. The maximum atomic E-state index is 14.6. The summed E-state index contributed by atoms with van der Waals surface area (Å²) in [6.45, 7) is 15.4. The monoisotopic (exact) mass is 405 g/mol. The predicted molar refractivity (Wildman–Crippen MR) is 120 cm³/mol. The third kappa shape index (κ3) is 3.99. The molecule has 0 spiro atoms. The quantitative estimate of drug-likeness (QED) is 0.562. The second kappa shape index (κ2) is 8.60. The first-order valence-corrected chi connectivity index (χ1v) is 12.8. The molecule has 0 aromatic heterocycles. The van der Waals surface area contributed by atoms with Crippen molar-refractivity contribution in [1.29, 1.82) is 0 Å². The van der Waals surface area contributed by atoms with Crippen LogP contribution in [0.5, 0.6) is 0 Å². The molecule has 2 fully saturated rings. The zero-order valence-corrected chi connectivity index (χ0v) is 19.7. The van der Waals surface area contributed by atoms with Crippen LogP contribution in [0.25, 0.3) is 0 Å². The van der Waals surface area contributed by atoms with E-state index in [0.717, 1.165) is 12.8 Å². The summed E-state index contributed by atoms with van der Waals surface area (Å²) in [7, 11) is -2.84. The minimum Gasteiger partial charge on any atom is -0.270 e. The van der Waals surface area contributed by atoms with E-state index in [0.29, 0.717) is 18.0 Å². The number of benzene rings is 1. The summed E-state index contributed by atoms with van der Waals surface area (Å²) in [5, 5.41) is 3.65. The maximum absolute atomic E-state index is 14.6. The molecule has 0 amide bonds. The van der Waals surface area contributed by atoms with E-state index in [4.69, 9.17) is 0 Å². The van der Waals surface area contributed by atoms with Crippen LogP contribution in [0.2, 0.25) is 0 Å². The topological polar surface area (TPSA) is 35.6 Å². The zero-order chi connectivity index (χ0) is 20.6. The van der Waals surface area contributed by atoms with E-state index >= 15 is 0 Å². The predicted octanol–water partition coefficient (Wildman–Crippen LogP) is 6.31. The second-order valence-electron chi connectivity index (χ2n) is 9.58. The Labute approximate surface area is 172 Å². The van der Waals surface area contributed by atoms with Gasteiger partial charge in [0.2, 0.25) is 0 Å². The van der Waals surface area contributed by atoms with Crippen LogP contribution in [-0.4, -0.2) is 33.5 Å². The molecule has 3 atom stereocenters. The third-order valence-electron chi connectivity index (χ3n) is 6.52. The van der Waals surface area contributed by atoms with E-state index < -0.39 is 7.59 Å². The van der Waals surface area contributed by atoms with Crippen molar-refractivity contribution >= 4 is 7.59 Å². The molecule has 1 heterocycles. The van der Waals surface area contributed by atoms with E-state index in [2.05, 4.69) is 87.2 Å². The molecule has 1 N–H and O–H groups in total. The number of fused-ring (bicyclic) bond motifs is 1. The summed E-state index contributed by atoms with van der Waals surface area (Å²) in [6.07, 6.45) is 4.83. The van der Waals surface area contributed by atoms with Crippen molar-refractivity contribution in [2.45, 2.75) is 110 Å². The highest BCUT2D eigenvalue weighted by Crippen LogP contribution is 2.63. The van der Waals surface area contributed by atoms with Crippen molar-refractivity contribution in [3.63, 3.8) is 0 Å². The van der Waals surface area contributed by atoms with Crippen molar-refractivity contribution in [2.75, 3.05) is 0 Å². The highest BCUT2D eigenvalue weighted by molar-refractivity contribution is 7.57. The lowest BCUT2D eigenvalue weighted by atomic mass is 9.89. The third-order valence-corrected chi connectivity index (χ3v) is 10.0. The smallest absolute Gasteiger partial charge is 0.270 e. The number of rotatable bonds is 6. The first-order valence-electron chi connectivity index (χ1n) is 11.2. The van der Waals surface area contributed by atoms with Crippen LogP contribution >= 0.6 is 7.59 Å². The van der Waals surface area contributed by atoms with Gasteiger partial charge in [-0.2, -0.15) is 0 Å². The zero-order valence-electron chi connectivity index (χ0n) is 18.9. The Morgan fingerprint density at radius 3 is 1.64 bits per heavy atom. The highest BCUT2D eigenvalue weighted by Gasteiger charge is 2.57. The molecule has 5 heteroatoms. The van der Waals surface area contributed by atoms with Gasteiger partial charge in [-0.1, -0.05) is 51.0 Å². The molecule has 158 valence electrons. The first-order chi connectivity index (χ1) is 13.2. The summed E-state index contributed by atoms with van der Waals surface area (Å²) in [6, 6.07) is 10.2. The van der Waals surface area contributed by atoms with Gasteiger partial charge in [-0.05, 0) is 64.5 Å². The van der Waals surface area contributed by atoms with Gasteiger partial charge < -0.3 is 0 Å². The van der Waals surface area contributed by atoms with Gasteiger partial charge >= 0.3 is 0 Å². The van der Waals surface area contributed by atoms with Crippen molar-refractivity contribution in [3.05, 3.63) is 35.4 Å². The van der Waals surface area contributed by atoms with Crippen LogP contribution in [0.15, 0.2) is 24.3 Å². The summed E-state index contributed by atoms with van der Waals surface area (Å²) < 4.78 is 19.3. The lowest BCUT2D eigenvalue weighted by Gasteiger charge is -2.38. The fraction of sp³-hybridized carbons (Fsp3) is 0.739. The lowest BCUT2D eigenvalue weighted by Crippen LogP contribution is -2.43. The minimum absolute atomic E-state index is 0.0506. The Morgan fingerprint density at radius 2 is 1.25 bits per heavy atom. The molecule has 1 aliphatic carbocycles. The molecule has 0 radical (unpaired) electrons. The van der Waals surface area contributed by atoms with Gasteiger partial charge in [0.1, 0.15) is 0 Å². The van der Waals surface area contributed by atoms with E-state index in [9.17, 15) is 4.57 Å². The van der Waals surface area contributed by atoms with Crippen LogP contribution in [0.1, 0.15) is 97.2 Å². The van der Waals surface area contributed by atoms with Crippen LogP contribution in [-0.2, 0) is 4.57 Å². The van der Waals surface area contributed by atoms with Crippen molar-refractivity contribution in [1.82, 2.24) is 14.4 Å². The van der Waals surface area contributed by atoms with Crippen molar-refractivity contribution in [2.24, 2.45) is 0 Å². The van der Waals surface area contributed by atoms with Gasteiger partial charge in [0.05, 0.1) is 0 Å². The molecule has 2 aliphatic rings. The van der Waals surface area contributed by atoms with E-state index in [1.165, 1.54) is 24.0 Å². The largest absolute Gasteiger partial charge is 0.285 e. The van der Waals surface area contributed by atoms with Crippen LogP contribution in [0.3, 0.4) is 0 Å². The molecule has 1 aliphatic heterocycles. The second-order valence-corrected chi connectivity index (χ2v) is 11.9. The lowest BCUT2D eigenvalue weighted by molar-refractivity contribution is 0.173. The van der Waals surface area contributed by atoms with Crippen LogP contribution in [0, 0.1) is 0 Å². The molecule has 0 unspecified atom stereocenters. The molecule has 1 aromatic carbocycles. The SMILES string of the molecule is CC(C)c1ccc([C@@H](C)NP2(=O)N(C(C)C)[C@@H]3CCCC[C@H]3N2C(C)C)cc1. The van der Waals surface area contributed by atoms with E-state index in [1.807, 2.05) is 0 Å². The summed E-state index contributed by atoms with van der Waals surface area (Å²) in [4.78, 5) is 0. The Kier molecular flexibility index (Phi) is 6.76. The fourth-order valence-electron chi connectivity index (χ4n) is 5.25. The number of nitrogens with one attached hydrogen (secondary N) is 1. The molecule has 0 bridgehead atoms. The summed E-state index contributed by atoms with van der Waals surface area (Å²) >= 11 is 0. The molecule has 3 rings (SSSR count). The normalized spacial score (nSPS) is 26.9. The highest BCUT2D eigenvalue weighted by atomic mass is 31.2. The van der Waals surface area contributed by atoms with Crippen molar-refractivity contribution in [3.8, 4) is 0 Å². The van der Waals surface area contributed by atoms with Gasteiger partial charge in [-0.3, -0.25) is 4.57 Å². The van der Waals surface area contributed by atoms with Gasteiger partial charge in [-0.25, -0.2) is 14.4 Å². The molecule has 1 saturated carbocycles. The summed E-state index contributed by atoms with van der Waals surface area (Å²) in [5.74, 6) is 0.529. The van der Waals surface area contributed by atoms with E-state index in [-0.39, 0.29) is 18.1 Å². The Morgan fingerprint density at radius 1 is 0.821 bits per heavy atom.